The lowest BCUT2D eigenvalue weighted by molar-refractivity contribution is -0.128. The van der Waals surface area contributed by atoms with Crippen LogP contribution >= 0.6 is 15.9 Å². The molecule has 2 aliphatic heterocycles. The molecule has 6 nitrogen and oxygen atoms in total. The van der Waals surface area contributed by atoms with E-state index in [0.29, 0.717) is 13.0 Å². The highest BCUT2D eigenvalue weighted by molar-refractivity contribution is 9.10. The molecule has 1 saturated heterocycles. The molecule has 0 saturated carbocycles. The second kappa shape index (κ2) is 6.62. The third-order valence-electron chi connectivity index (χ3n) is 5.94. The van der Waals surface area contributed by atoms with E-state index in [0.717, 1.165) is 37.9 Å². The SMILES string of the molecule is CCN1C(=O)C2Cc3c([nH]c4ccc(Br)cc34)C(c3ccc(OC)cc3)N2C1=O. The second-order valence-electron chi connectivity index (χ2n) is 7.38. The molecule has 1 N–H and O–H groups in total. The number of ether oxygens (including phenoxy) is 1. The third kappa shape index (κ3) is 2.60. The molecule has 1 aromatic heterocycles. The number of hydrogen-bond acceptors (Lipinski definition) is 3. The maximum atomic E-state index is 13.2. The number of fused-ring (bicyclic) bond motifs is 4. The predicted molar refractivity (Wildman–Crippen MR) is 113 cm³/mol. The molecular weight excluding hydrogens is 434 g/mol. The van der Waals surface area contributed by atoms with E-state index >= 15 is 0 Å². The first-order chi connectivity index (χ1) is 14.0. The van der Waals surface area contributed by atoms with Crippen molar-refractivity contribution < 1.29 is 14.3 Å². The van der Waals surface area contributed by atoms with Crippen LogP contribution in [0.4, 0.5) is 4.79 Å². The molecule has 3 aromatic rings. The van der Waals surface area contributed by atoms with Crippen LogP contribution in [0.3, 0.4) is 0 Å². The van der Waals surface area contributed by atoms with E-state index in [1.54, 1.807) is 12.0 Å². The van der Waals surface area contributed by atoms with E-state index in [2.05, 4.69) is 27.0 Å². The molecular formula is C22H20BrN3O3. The summed E-state index contributed by atoms with van der Waals surface area (Å²) in [5.41, 5.74) is 4.02. The van der Waals surface area contributed by atoms with Crippen molar-refractivity contribution >= 4 is 38.8 Å². The molecule has 2 aliphatic rings. The fourth-order valence-corrected chi connectivity index (χ4v) is 4.93. The molecule has 3 amide bonds. The first-order valence-corrected chi connectivity index (χ1v) is 10.4. The summed E-state index contributed by atoms with van der Waals surface area (Å²) in [7, 11) is 1.63. The maximum Gasteiger partial charge on any atom is 0.328 e. The van der Waals surface area contributed by atoms with Gasteiger partial charge in [0, 0.05) is 34.0 Å². The highest BCUT2D eigenvalue weighted by Crippen LogP contribution is 2.44. The number of aromatic nitrogens is 1. The van der Waals surface area contributed by atoms with Gasteiger partial charge in [0.1, 0.15) is 17.8 Å². The summed E-state index contributed by atoms with van der Waals surface area (Å²) in [4.78, 5) is 32.8. The number of urea groups is 1. The van der Waals surface area contributed by atoms with Gasteiger partial charge in [-0.2, -0.15) is 0 Å². The number of aromatic amines is 1. The van der Waals surface area contributed by atoms with E-state index in [9.17, 15) is 9.59 Å². The number of imide groups is 1. The zero-order chi connectivity index (χ0) is 20.3. The maximum absolute atomic E-state index is 13.2. The molecule has 0 radical (unpaired) electrons. The Morgan fingerprint density at radius 1 is 1.17 bits per heavy atom. The Morgan fingerprint density at radius 2 is 1.93 bits per heavy atom. The Hall–Kier alpha value is -2.80. The van der Waals surface area contributed by atoms with Crippen molar-refractivity contribution in [3.8, 4) is 5.75 Å². The van der Waals surface area contributed by atoms with Crippen molar-refractivity contribution in [3.05, 3.63) is 63.8 Å². The number of carbonyl (C=O) groups excluding carboxylic acids is 2. The molecule has 0 bridgehead atoms. The standard InChI is InChI=1S/C22H20BrN3O3/c1-3-25-21(27)18-11-16-15-10-13(23)6-9-17(15)24-19(16)20(26(18)22(25)28)12-4-7-14(29-2)8-5-12/h4-10,18,20,24H,3,11H2,1-2H3. The van der Waals surface area contributed by atoms with Crippen LogP contribution in [0.5, 0.6) is 5.75 Å². The average Bonchev–Trinajstić information content (AvgIpc) is 3.21. The lowest BCUT2D eigenvalue weighted by atomic mass is 9.89. The summed E-state index contributed by atoms with van der Waals surface area (Å²) in [5, 5.41) is 1.09. The Morgan fingerprint density at radius 3 is 2.62 bits per heavy atom. The number of hydrogen-bond donors (Lipinski definition) is 1. The van der Waals surface area contributed by atoms with E-state index < -0.39 is 6.04 Å². The average molecular weight is 454 g/mol. The van der Waals surface area contributed by atoms with Crippen molar-refractivity contribution in [1.29, 1.82) is 0 Å². The van der Waals surface area contributed by atoms with E-state index in [-0.39, 0.29) is 18.0 Å². The van der Waals surface area contributed by atoms with Crippen molar-refractivity contribution in [2.45, 2.75) is 25.4 Å². The number of likely N-dealkylation sites (N-methyl/N-ethyl adjacent to an activating group) is 1. The van der Waals surface area contributed by atoms with Gasteiger partial charge >= 0.3 is 6.03 Å². The van der Waals surface area contributed by atoms with E-state index in [4.69, 9.17) is 4.74 Å². The number of methoxy groups -OCH3 is 1. The Labute approximate surface area is 176 Å². The topological polar surface area (TPSA) is 65.6 Å². The molecule has 1 fully saturated rings. The van der Waals surface area contributed by atoms with Gasteiger partial charge in [-0.1, -0.05) is 28.1 Å². The summed E-state index contributed by atoms with van der Waals surface area (Å²) in [6.07, 6.45) is 0.513. The second-order valence-corrected chi connectivity index (χ2v) is 8.29. The van der Waals surface area contributed by atoms with Gasteiger partial charge in [0.05, 0.1) is 7.11 Å². The Kier molecular flexibility index (Phi) is 4.17. The van der Waals surface area contributed by atoms with Gasteiger partial charge in [-0.05, 0) is 48.4 Å². The Balaban J connectivity index is 1.73. The molecule has 0 spiro atoms. The normalized spacial score (nSPS) is 20.9. The van der Waals surface area contributed by atoms with Crippen molar-refractivity contribution in [2.24, 2.45) is 0 Å². The van der Waals surface area contributed by atoms with E-state index in [1.165, 1.54) is 4.90 Å². The van der Waals surface area contributed by atoms with Crippen LogP contribution in [0.2, 0.25) is 0 Å². The fourth-order valence-electron chi connectivity index (χ4n) is 4.57. The number of halogens is 1. The minimum atomic E-state index is -0.486. The molecule has 0 aliphatic carbocycles. The van der Waals surface area contributed by atoms with Crippen molar-refractivity contribution in [1.82, 2.24) is 14.8 Å². The summed E-state index contributed by atoms with van der Waals surface area (Å²) in [6, 6.07) is 12.7. The smallest absolute Gasteiger partial charge is 0.328 e. The first-order valence-electron chi connectivity index (χ1n) is 9.61. The van der Waals surface area contributed by atoms with Gasteiger partial charge in [0.2, 0.25) is 0 Å². The zero-order valence-corrected chi connectivity index (χ0v) is 17.7. The van der Waals surface area contributed by atoms with Crippen LogP contribution < -0.4 is 4.74 Å². The number of H-pyrrole nitrogens is 1. The zero-order valence-electron chi connectivity index (χ0n) is 16.1. The summed E-state index contributed by atoms with van der Waals surface area (Å²) < 4.78 is 6.28. The van der Waals surface area contributed by atoms with Gasteiger partial charge in [-0.15, -0.1) is 0 Å². The van der Waals surface area contributed by atoms with Crippen LogP contribution in [0.1, 0.15) is 29.8 Å². The van der Waals surface area contributed by atoms with E-state index in [1.807, 2.05) is 43.3 Å². The van der Waals surface area contributed by atoms with Crippen molar-refractivity contribution in [3.63, 3.8) is 0 Å². The molecule has 7 heteroatoms. The largest absolute Gasteiger partial charge is 0.497 e. The molecule has 3 heterocycles. The van der Waals surface area contributed by atoms with Crippen LogP contribution in [0.15, 0.2) is 46.9 Å². The Bertz CT molecular complexity index is 1140. The monoisotopic (exact) mass is 453 g/mol. The lowest BCUT2D eigenvalue weighted by Gasteiger charge is -2.36. The van der Waals surface area contributed by atoms with Gasteiger partial charge in [0.25, 0.3) is 5.91 Å². The first kappa shape index (κ1) is 18.2. The summed E-state index contributed by atoms with van der Waals surface area (Å²) >= 11 is 3.55. The number of carbonyl (C=O) groups is 2. The summed E-state index contributed by atoms with van der Waals surface area (Å²) in [5.74, 6) is 0.631. The molecule has 148 valence electrons. The minimum absolute atomic E-state index is 0.119. The molecule has 2 atom stereocenters. The highest BCUT2D eigenvalue weighted by atomic mass is 79.9. The molecule has 2 unspecified atom stereocenters. The summed E-state index contributed by atoms with van der Waals surface area (Å²) in [6.45, 7) is 2.21. The highest BCUT2D eigenvalue weighted by Gasteiger charge is 2.52. The van der Waals surface area contributed by atoms with Crippen LogP contribution in [0.25, 0.3) is 10.9 Å². The van der Waals surface area contributed by atoms with Gasteiger partial charge in [-0.3, -0.25) is 14.6 Å². The molecule has 2 aromatic carbocycles. The van der Waals surface area contributed by atoms with Crippen molar-refractivity contribution in [2.75, 3.05) is 13.7 Å². The van der Waals surface area contributed by atoms with Crippen LogP contribution in [-0.2, 0) is 11.2 Å². The number of amides is 3. The minimum Gasteiger partial charge on any atom is -0.497 e. The number of benzene rings is 2. The van der Waals surface area contributed by atoms with Gasteiger partial charge in [-0.25, -0.2) is 4.79 Å². The number of nitrogens with one attached hydrogen (secondary N) is 1. The molecule has 29 heavy (non-hydrogen) atoms. The van der Waals surface area contributed by atoms with Gasteiger partial charge < -0.3 is 9.72 Å². The van der Waals surface area contributed by atoms with Crippen LogP contribution in [0, 0.1) is 0 Å². The van der Waals surface area contributed by atoms with Gasteiger partial charge in [0.15, 0.2) is 0 Å². The number of rotatable bonds is 3. The predicted octanol–water partition coefficient (Wildman–Crippen LogP) is 4.24. The number of nitrogens with zero attached hydrogens (tertiary/aromatic N) is 2. The quantitative estimate of drug-likeness (QED) is 0.603. The third-order valence-corrected chi connectivity index (χ3v) is 6.43. The molecule has 5 rings (SSSR count). The lowest BCUT2D eigenvalue weighted by Crippen LogP contribution is -2.44. The van der Waals surface area contributed by atoms with Crippen LogP contribution in [-0.4, -0.2) is 46.4 Å². The fraction of sp³-hybridized carbons (Fsp3) is 0.273.